The molecule has 0 bridgehead atoms. The Kier molecular flexibility index (Phi) is 4.05. The van der Waals surface area contributed by atoms with Gasteiger partial charge in [0.15, 0.2) is 6.10 Å². The third kappa shape index (κ3) is 3.20. The van der Waals surface area contributed by atoms with Gasteiger partial charge in [-0.1, -0.05) is 6.42 Å². The predicted octanol–water partition coefficient (Wildman–Crippen LogP) is 3.05. The topological polar surface area (TPSA) is 108 Å². The summed E-state index contributed by atoms with van der Waals surface area (Å²) in [5, 5.41) is 18.4. The van der Waals surface area contributed by atoms with Crippen LogP contribution in [0.4, 0.5) is 5.69 Å². The highest BCUT2D eigenvalue weighted by atomic mass is 16.6. The fraction of sp³-hybridized carbons (Fsp3) is 0.400. The van der Waals surface area contributed by atoms with Crippen molar-refractivity contribution >= 4 is 11.7 Å². The Morgan fingerprint density at radius 1 is 1.35 bits per heavy atom. The Bertz CT molecular complexity index is 721. The first-order valence-corrected chi connectivity index (χ1v) is 7.33. The Labute approximate surface area is 131 Å². The van der Waals surface area contributed by atoms with E-state index >= 15 is 0 Å². The van der Waals surface area contributed by atoms with Crippen LogP contribution >= 0.6 is 0 Å². The Morgan fingerprint density at radius 2 is 2.04 bits per heavy atom. The van der Waals surface area contributed by atoms with Gasteiger partial charge in [-0.05, 0) is 31.9 Å². The molecule has 0 radical (unpaired) electrons. The summed E-state index contributed by atoms with van der Waals surface area (Å²) in [6.45, 7) is 1.67. The molecule has 1 aromatic carbocycles. The van der Waals surface area contributed by atoms with Crippen LogP contribution in [0.5, 0.6) is 0 Å². The molecule has 23 heavy (non-hydrogen) atoms. The minimum absolute atomic E-state index is 0.0173. The Hall–Kier alpha value is -2.77. The van der Waals surface area contributed by atoms with Gasteiger partial charge in [0.2, 0.25) is 5.89 Å². The van der Waals surface area contributed by atoms with Crippen LogP contribution in [0, 0.1) is 16.0 Å². The van der Waals surface area contributed by atoms with Gasteiger partial charge in [-0.25, -0.2) is 0 Å². The van der Waals surface area contributed by atoms with Crippen LogP contribution in [0.15, 0.2) is 28.7 Å². The summed E-state index contributed by atoms with van der Waals surface area (Å²) in [6.07, 6.45) is 2.16. The zero-order valence-electron chi connectivity index (χ0n) is 12.5. The number of non-ortho nitro benzene ring substituents is 1. The van der Waals surface area contributed by atoms with E-state index < -0.39 is 11.0 Å². The molecule has 1 aliphatic rings. The second-order valence-electron chi connectivity index (χ2n) is 5.46. The molecule has 2 aromatic rings. The molecule has 1 saturated carbocycles. The molecule has 120 valence electrons. The molecule has 3 rings (SSSR count). The highest BCUT2D eigenvalue weighted by molar-refractivity contribution is 5.73. The van der Waals surface area contributed by atoms with Gasteiger partial charge in [-0.3, -0.25) is 14.9 Å². The summed E-state index contributed by atoms with van der Waals surface area (Å²) in [6, 6.07) is 5.78. The van der Waals surface area contributed by atoms with E-state index in [0.29, 0.717) is 5.56 Å². The van der Waals surface area contributed by atoms with Gasteiger partial charge in [0, 0.05) is 17.7 Å². The van der Waals surface area contributed by atoms with Crippen molar-refractivity contribution in [3.63, 3.8) is 0 Å². The molecule has 0 spiro atoms. The maximum absolute atomic E-state index is 11.8. The van der Waals surface area contributed by atoms with E-state index in [0.717, 1.165) is 19.3 Å². The Morgan fingerprint density at radius 3 is 2.61 bits per heavy atom. The van der Waals surface area contributed by atoms with E-state index in [-0.39, 0.29) is 29.4 Å². The normalized spacial score (nSPS) is 15.7. The van der Waals surface area contributed by atoms with Crippen molar-refractivity contribution in [1.29, 1.82) is 0 Å². The minimum atomic E-state index is -0.623. The van der Waals surface area contributed by atoms with Gasteiger partial charge >= 0.3 is 5.97 Å². The number of rotatable bonds is 5. The summed E-state index contributed by atoms with van der Waals surface area (Å²) < 4.78 is 10.8. The number of benzene rings is 1. The molecular formula is C15H15N3O5. The zero-order valence-corrected chi connectivity index (χ0v) is 12.5. The van der Waals surface area contributed by atoms with Crippen molar-refractivity contribution in [3.05, 3.63) is 40.3 Å². The first-order valence-electron chi connectivity index (χ1n) is 7.33. The fourth-order valence-electron chi connectivity index (χ4n) is 2.21. The van der Waals surface area contributed by atoms with Crippen LogP contribution in [-0.4, -0.2) is 21.1 Å². The molecule has 1 aliphatic carbocycles. The smallest absolute Gasteiger partial charge is 0.309 e. The van der Waals surface area contributed by atoms with E-state index in [1.165, 1.54) is 24.3 Å². The van der Waals surface area contributed by atoms with Crippen LogP contribution in [-0.2, 0) is 9.53 Å². The van der Waals surface area contributed by atoms with E-state index in [4.69, 9.17) is 9.15 Å². The second kappa shape index (κ2) is 6.15. The van der Waals surface area contributed by atoms with Crippen molar-refractivity contribution in [2.24, 2.45) is 5.92 Å². The van der Waals surface area contributed by atoms with Gasteiger partial charge < -0.3 is 9.15 Å². The van der Waals surface area contributed by atoms with E-state index in [1.807, 2.05) is 0 Å². The molecule has 0 N–H and O–H groups in total. The first kappa shape index (κ1) is 15.1. The van der Waals surface area contributed by atoms with Crippen molar-refractivity contribution < 1.29 is 18.9 Å². The number of hydrogen-bond acceptors (Lipinski definition) is 7. The summed E-state index contributed by atoms with van der Waals surface area (Å²) in [4.78, 5) is 22.0. The number of nitro benzene ring substituents is 1. The summed E-state index contributed by atoms with van der Waals surface area (Å²) in [5.41, 5.74) is 0.545. The molecule has 8 nitrogen and oxygen atoms in total. The molecule has 1 atom stereocenters. The van der Waals surface area contributed by atoms with Crippen LogP contribution in [0.2, 0.25) is 0 Å². The first-order chi connectivity index (χ1) is 11.0. The number of esters is 1. The largest absolute Gasteiger partial charge is 0.452 e. The lowest BCUT2D eigenvalue weighted by molar-refractivity contribution is -0.384. The van der Waals surface area contributed by atoms with Crippen LogP contribution in [0.3, 0.4) is 0 Å². The molecule has 1 aromatic heterocycles. The number of aromatic nitrogens is 2. The van der Waals surface area contributed by atoms with Crippen LogP contribution in [0.1, 0.15) is 38.2 Å². The van der Waals surface area contributed by atoms with E-state index in [1.54, 1.807) is 6.92 Å². The number of carbonyl (C=O) groups is 1. The van der Waals surface area contributed by atoms with Gasteiger partial charge in [-0.2, -0.15) is 0 Å². The molecule has 0 unspecified atom stereocenters. The van der Waals surface area contributed by atoms with E-state index in [9.17, 15) is 14.9 Å². The lowest BCUT2D eigenvalue weighted by atomic mass is 9.86. The van der Waals surface area contributed by atoms with Crippen molar-refractivity contribution in [2.45, 2.75) is 32.3 Å². The highest BCUT2D eigenvalue weighted by Gasteiger charge is 2.29. The second-order valence-corrected chi connectivity index (χ2v) is 5.46. The zero-order chi connectivity index (χ0) is 16.4. The molecule has 0 saturated heterocycles. The SMILES string of the molecule is C[C@H](OC(=O)C1CCC1)c1nnc(-c2ccc([N+](=O)[O-])cc2)o1. The van der Waals surface area contributed by atoms with Gasteiger partial charge in [0.1, 0.15) is 0 Å². The third-order valence-electron chi connectivity index (χ3n) is 3.84. The predicted molar refractivity (Wildman–Crippen MR) is 78.2 cm³/mol. The fourth-order valence-corrected chi connectivity index (χ4v) is 2.21. The number of nitrogens with zero attached hydrogens (tertiary/aromatic N) is 3. The van der Waals surface area contributed by atoms with Crippen molar-refractivity contribution in [2.75, 3.05) is 0 Å². The number of ether oxygens (including phenoxy) is 1. The summed E-state index contributed by atoms with van der Waals surface area (Å²) in [7, 11) is 0. The summed E-state index contributed by atoms with van der Waals surface area (Å²) >= 11 is 0. The molecule has 1 heterocycles. The lowest BCUT2D eigenvalue weighted by Crippen LogP contribution is -2.25. The maximum Gasteiger partial charge on any atom is 0.309 e. The van der Waals surface area contributed by atoms with E-state index in [2.05, 4.69) is 10.2 Å². The van der Waals surface area contributed by atoms with Crippen molar-refractivity contribution in [3.8, 4) is 11.5 Å². The average molecular weight is 317 g/mol. The van der Waals surface area contributed by atoms with Crippen molar-refractivity contribution in [1.82, 2.24) is 10.2 Å². The number of nitro groups is 1. The molecular weight excluding hydrogens is 302 g/mol. The number of carbonyl (C=O) groups excluding carboxylic acids is 1. The lowest BCUT2D eigenvalue weighted by Gasteiger charge is -2.24. The number of hydrogen-bond donors (Lipinski definition) is 0. The van der Waals surface area contributed by atoms with Crippen LogP contribution < -0.4 is 0 Å². The molecule has 1 fully saturated rings. The standard InChI is InChI=1S/C15H15N3O5/c1-9(22-15(19)11-3-2-4-11)13-16-17-14(23-13)10-5-7-12(8-6-10)18(20)21/h5-9,11H,2-4H2,1H3/t9-/m0/s1. The third-order valence-corrected chi connectivity index (χ3v) is 3.84. The van der Waals surface area contributed by atoms with Gasteiger partial charge in [-0.15, -0.1) is 10.2 Å². The maximum atomic E-state index is 11.8. The van der Waals surface area contributed by atoms with Gasteiger partial charge in [0.25, 0.3) is 11.6 Å². The van der Waals surface area contributed by atoms with Crippen LogP contribution in [0.25, 0.3) is 11.5 Å². The Balaban J connectivity index is 1.69. The molecule has 0 aliphatic heterocycles. The molecule has 8 heteroatoms. The molecule has 0 amide bonds. The monoisotopic (exact) mass is 317 g/mol. The highest BCUT2D eigenvalue weighted by Crippen LogP contribution is 2.30. The average Bonchev–Trinajstić information content (AvgIpc) is 2.95. The quantitative estimate of drug-likeness (QED) is 0.473. The minimum Gasteiger partial charge on any atom is -0.452 e. The summed E-state index contributed by atoms with van der Waals surface area (Å²) in [5.74, 6) is 0.167. The van der Waals surface area contributed by atoms with Gasteiger partial charge in [0.05, 0.1) is 10.8 Å².